The normalized spacial score (nSPS) is 11.5. The summed E-state index contributed by atoms with van der Waals surface area (Å²) in [6.45, 7) is 1.03. The van der Waals surface area contributed by atoms with E-state index in [-0.39, 0.29) is 0 Å². The molecule has 19 heavy (non-hydrogen) atoms. The Morgan fingerprint density at radius 1 is 1.26 bits per heavy atom. The smallest absolute Gasteiger partial charge is 0.396 e. The summed E-state index contributed by atoms with van der Waals surface area (Å²) >= 11 is 0. The van der Waals surface area contributed by atoms with Gasteiger partial charge in [0.05, 0.1) is 24.0 Å². The Labute approximate surface area is 107 Å². The summed E-state index contributed by atoms with van der Waals surface area (Å²) in [5.41, 5.74) is 5.29. The summed E-state index contributed by atoms with van der Waals surface area (Å²) in [5.74, 6) is 0.383. The van der Waals surface area contributed by atoms with Crippen molar-refractivity contribution in [2.24, 2.45) is 0 Å². The maximum Gasteiger partial charge on any atom is 0.417 e. The number of alkyl halides is 3. The van der Waals surface area contributed by atoms with Crippen LogP contribution >= 0.6 is 0 Å². The average Bonchev–Trinajstić information content (AvgIpc) is 2.75. The molecule has 8 heteroatoms. The topological polar surface area (TPSA) is 68.8 Å². The molecule has 0 unspecified atom stereocenters. The van der Waals surface area contributed by atoms with Gasteiger partial charge in [-0.15, -0.1) is 0 Å². The van der Waals surface area contributed by atoms with Gasteiger partial charge in [-0.3, -0.25) is 4.68 Å². The molecule has 0 bridgehead atoms. The number of hydrogen-bond acceptors (Lipinski definition) is 4. The third-order valence-electron chi connectivity index (χ3n) is 2.39. The lowest BCUT2D eigenvalue weighted by Gasteiger charge is -2.08. The van der Waals surface area contributed by atoms with Crippen molar-refractivity contribution >= 4 is 11.5 Å². The van der Waals surface area contributed by atoms with E-state index in [1.165, 1.54) is 12.3 Å². The molecule has 0 saturated carbocycles. The standard InChI is InChI=1S/C11H12F3N5/c12-11(13,14)8-1-2-10(17-5-8)16-3-4-19-7-9(15)6-18-19/h1-2,5-7H,3-4,15H2,(H,16,17). The molecule has 5 nitrogen and oxygen atoms in total. The summed E-state index contributed by atoms with van der Waals surface area (Å²) in [5, 5.41) is 6.88. The van der Waals surface area contributed by atoms with Gasteiger partial charge in [0.2, 0.25) is 0 Å². The molecule has 0 aliphatic carbocycles. The molecule has 0 radical (unpaired) electrons. The van der Waals surface area contributed by atoms with Crippen molar-refractivity contribution in [2.75, 3.05) is 17.6 Å². The van der Waals surface area contributed by atoms with Gasteiger partial charge in [0.25, 0.3) is 0 Å². The highest BCUT2D eigenvalue weighted by Crippen LogP contribution is 2.28. The van der Waals surface area contributed by atoms with E-state index >= 15 is 0 Å². The van der Waals surface area contributed by atoms with E-state index in [1.54, 1.807) is 10.9 Å². The van der Waals surface area contributed by atoms with E-state index in [1.807, 2.05) is 0 Å². The maximum atomic E-state index is 12.3. The molecule has 3 N–H and O–H groups in total. The SMILES string of the molecule is Nc1cnn(CCNc2ccc(C(F)(F)F)cn2)c1. The first-order valence-electron chi connectivity index (χ1n) is 5.50. The fourth-order valence-corrected chi connectivity index (χ4v) is 1.47. The first-order valence-corrected chi connectivity index (χ1v) is 5.50. The number of aromatic nitrogens is 3. The second kappa shape index (κ2) is 5.17. The van der Waals surface area contributed by atoms with Gasteiger partial charge in [0.1, 0.15) is 5.82 Å². The number of nitrogens with two attached hydrogens (primary N) is 1. The number of nitrogen functional groups attached to an aromatic ring is 1. The molecule has 0 atom stereocenters. The van der Waals surface area contributed by atoms with Crippen molar-refractivity contribution in [1.82, 2.24) is 14.8 Å². The molecule has 2 aromatic heterocycles. The Morgan fingerprint density at radius 3 is 2.58 bits per heavy atom. The number of nitrogens with one attached hydrogen (secondary N) is 1. The van der Waals surface area contributed by atoms with Crippen LogP contribution in [0.3, 0.4) is 0 Å². The van der Waals surface area contributed by atoms with E-state index in [9.17, 15) is 13.2 Å². The molecule has 0 spiro atoms. The van der Waals surface area contributed by atoms with Crippen molar-refractivity contribution in [3.63, 3.8) is 0 Å². The first kappa shape index (κ1) is 13.2. The van der Waals surface area contributed by atoms with Crippen molar-refractivity contribution in [3.05, 3.63) is 36.3 Å². The minimum Gasteiger partial charge on any atom is -0.396 e. The van der Waals surface area contributed by atoms with E-state index < -0.39 is 11.7 Å². The molecule has 0 aliphatic rings. The fraction of sp³-hybridized carbons (Fsp3) is 0.273. The molecule has 2 rings (SSSR count). The van der Waals surface area contributed by atoms with Crippen molar-refractivity contribution < 1.29 is 13.2 Å². The zero-order valence-electron chi connectivity index (χ0n) is 9.85. The van der Waals surface area contributed by atoms with E-state index in [2.05, 4.69) is 15.4 Å². The zero-order valence-corrected chi connectivity index (χ0v) is 9.85. The molecular formula is C11H12F3N5. The third kappa shape index (κ3) is 3.60. The number of rotatable bonds is 4. The quantitative estimate of drug-likeness (QED) is 0.892. The van der Waals surface area contributed by atoms with E-state index in [4.69, 9.17) is 5.73 Å². The van der Waals surface area contributed by atoms with Crippen LogP contribution in [-0.2, 0) is 12.7 Å². The van der Waals surface area contributed by atoms with Crippen LogP contribution in [0.25, 0.3) is 0 Å². The molecule has 2 aromatic rings. The Morgan fingerprint density at radius 2 is 2.05 bits per heavy atom. The van der Waals surface area contributed by atoms with Crippen LogP contribution in [0.4, 0.5) is 24.7 Å². The average molecular weight is 271 g/mol. The summed E-state index contributed by atoms with van der Waals surface area (Å²) in [6.07, 6.45) is -0.370. The third-order valence-corrected chi connectivity index (χ3v) is 2.39. The van der Waals surface area contributed by atoms with Gasteiger partial charge >= 0.3 is 6.18 Å². The highest BCUT2D eigenvalue weighted by Gasteiger charge is 2.30. The Hall–Kier alpha value is -2.25. The van der Waals surface area contributed by atoms with Crippen LogP contribution in [0.2, 0.25) is 0 Å². The molecule has 102 valence electrons. The van der Waals surface area contributed by atoms with E-state index in [0.29, 0.717) is 24.6 Å². The summed E-state index contributed by atoms with van der Waals surface area (Å²) in [7, 11) is 0. The van der Waals surface area contributed by atoms with Crippen LogP contribution in [0.15, 0.2) is 30.7 Å². The molecule has 0 fully saturated rings. The second-order valence-electron chi connectivity index (χ2n) is 3.89. The van der Waals surface area contributed by atoms with Gasteiger partial charge < -0.3 is 11.1 Å². The van der Waals surface area contributed by atoms with Gasteiger partial charge in [-0.2, -0.15) is 18.3 Å². The second-order valence-corrected chi connectivity index (χ2v) is 3.89. The van der Waals surface area contributed by atoms with Crippen LogP contribution in [0, 0.1) is 0 Å². The number of anilines is 2. The lowest BCUT2D eigenvalue weighted by Crippen LogP contribution is -2.12. The number of hydrogen-bond donors (Lipinski definition) is 2. The van der Waals surface area contributed by atoms with Crippen molar-refractivity contribution in [3.8, 4) is 0 Å². The predicted octanol–water partition coefficient (Wildman–Crippen LogP) is 1.99. The number of pyridine rings is 1. The molecule has 0 amide bonds. The van der Waals surface area contributed by atoms with Crippen LogP contribution < -0.4 is 11.1 Å². The monoisotopic (exact) mass is 271 g/mol. The lowest BCUT2D eigenvalue weighted by atomic mass is 10.3. The zero-order chi connectivity index (χ0) is 13.9. The molecule has 0 saturated heterocycles. The van der Waals surface area contributed by atoms with Crippen LogP contribution in [-0.4, -0.2) is 21.3 Å². The Bertz CT molecular complexity index is 532. The highest BCUT2D eigenvalue weighted by atomic mass is 19.4. The minimum absolute atomic E-state index is 0.383. The van der Waals surface area contributed by atoms with Gasteiger partial charge in [-0.1, -0.05) is 0 Å². The summed E-state index contributed by atoms with van der Waals surface area (Å²) < 4.78 is 38.6. The molecular weight excluding hydrogens is 259 g/mol. The lowest BCUT2D eigenvalue weighted by molar-refractivity contribution is -0.137. The van der Waals surface area contributed by atoms with E-state index in [0.717, 1.165) is 12.3 Å². The Kier molecular flexibility index (Phi) is 3.59. The van der Waals surface area contributed by atoms with Gasteiger partial charge in [-0.25, -0.2) is 4.98 Å². The predicted molar refractivity (Wildman–Crippen MR) is 64.4 cm³/mol. The van der Waals surface area contributed by atoms with Crippen LogP contribution in [0.1, 0.15) is 5.56 Å². The molecule has 0 aromatic carbocycles. The van der Waals surface area contributed by atoms with Crippen molar-refractivity contribution in [2.45, 2.75) is 12.7 Å². The minimum atomic E-state index is -4.36. The maximum absolute atomic E-state index is 12.3. The van der Waals surface area contributed by atoms with Gasteiger partial charge in [0, 0.05) is 18.9 Å². The molecule has 2 heterocycles. The number of nitrogens with zero attached hydrogens (tertiary/aromatic N) is 3. The largest absolute Gasteiger partial charge is 0.417 e. The van der Waals surface area contributed by atoms with Gasteiger partial charge in [0.15, 0.2) is 0 Å². The summed E-state index contributed by atoms with van der Waals surface area (Å²) in [6, 6.07) is 2.28. The van der Waals surface area contributed by atoms with Gasteiger partial charge in [-0.05, 0) is 12.1 Å². The fourth-order valence-electron chi connectivity index (χ4n) is 1.47. The first-order chi connectivity index (χ1) is 8.95. The molecule has 0 aliphatic heterocycles. The van der Waals surface area contributed by atoms with Crippen molar-refractivity contribution in [1.29, 1.82) is 0 Å². The number of halogens is 3. The summed E-state index contributed by atoms with van der Waals surface area (Å²) in [4.78, 5) is 3.70. The Balaban J connectivity index is 1.86. The van der Waals surface area contributed by atoms with Crippen LogP contribution in [0.5, 0.6) is 0 Å². The highest BCUT2D eigenvalue weighted by molar-refractivity contribution is 5.36.